The molecular weight excluding hydrogens is 252 g/mol. The van der Waals surface area contributed by atoms with Gasteiger partial charge in [0.2, 0.25) is 0 Å². The maximum Gasteiger partial charge on any atom is 0.168 e. The zero-order valence-electron chi connectivity index (χ0n) is 12.4. The van der Waals surface area contributed by atoms with Gasteiger partial charge in [0, 0.05) is 19.2 Å². The molecule has 1 fully saturated rings. The largest absolute Gasteiger partial charge is 0.384 e. The molecule has 2 N–H and O–H groups in total. The third-order valence-corrected chi connectivity index (χ3v) is 4.22. The Morgan fingerprint density at radius 1 is 1.50 bits per heavy atom. The van der Waals surface area contributed by atoms with E-state index in [1.807, 2.05) is 13.0 Å². The number of nitrogens with zero attached hydrogens (tertiary/aromatic N) is 1. The van der Waals surface area contributed by atoms with Gasteiger partial charge in [0.25, 0.3) is 0 Å². The first-order valence-corrected chi connectivity index (χ1v) is 7.43. The molecule has 2 rings (SSSR count). The van der Waals surface area contributed by atoms with E-state index in [9.17, 15) is 4.79 Å². The molecule has 0 unspecified atom stereocenters. The van der Waals surface area contributed by atoms with Gasteiger partial charge in [-0.25, -0.2) is 4.98 Å². The molecule has 0 radical (unpaired) electrons. The van der Waals surface area contributed by atoms with Gasteiger partial charge in [-0.3, -0.25) is 4.79 Å². The van der Waals surface area contributed by atoms with Crippen molar-refractivity contribution in [3.05, 3.63) is 23.9 Å². The van der Waals surface area contributed by atoms with E-state index in [2.05, 4.69) is 11.9 Å². The third-order valence-electron chi connectivity index (χ3n) is 4.22. The maximum absolute atomic E-state index is 12.7. The molecule has 110 valence electrons. The molecule has 1 aliphatic rings. The van der Waals surface area contributed by atoms with E-state index >= 15 is 0 Å². The first-order valence-electron chi connectivity index (χ1n) is 7.43. The van der Waals surface area contributed by atoms with Crippen LogP contribution < -0.4 is 5.73 Å². The van der Waals surface area contributed by atoms with Crippen LogP contribution in [0.1, 0.15) is 45.1 Å². The number of hydrogen-bond donors (Lipinski definition) is 1. The van der Waals surface area contributed by atoms with Gasteiger partial charge in [0.15, 0.2) is 5.78 Å². The van der Waals surface area contributed by atoms with Crippen LogP contribution >= 0.6 is 0 Å². The second-order valence-corrected chi connectivity index (χ2v) is 5.80. The SMILES string of the molecule is CCOC1(C(=O)Cc2ccnc(N)c2)CCC(C)CC1. The zero-order valence-corrected chi connectivity index (χ0v) is 12.4. The van der Waals surface area contributed by atoms with Crippen LogP contribution in [0.25, 0.3) is 0 Å². The van der Waals surface area contributed by atoms with Crippen LogP contribution in [0.2, 0.25) is 0 Å². The molecule has 1 aromatic heterocycles. The quantitative estimate of drug-likeness (QED) is 0.898. The molecule has 1 aromatic rings. The minimum atomic E-state index is -0.584. The molecule has 4 heteroatoms. The number of aromatic nitrogens is 1. The fourth-order valence-electron chi connectivity index (χ4n) is 2.96. The monoisotopic (exact) mass is 276 g/mol. The van der Waals surface area contributed by atoms with Gasteiger partial charge >= 0.3 is 0 Å². The summed E-state index contributed by atoms with van der Waals surface area (Å²) in [6.07, 6.45) is 5.81. The summed E-state index contributed by atoms with van der Waals surface area (Å²) in [7, 11) is 0. The Balaban J connectivity index is 2.11. The summed E-state index contributed by atoms with van der Waals surface area (Å²) in [6, 6.07) is 3.61. The third kappa shape index (κ3) is 3.37. The van der Waals surface area contributed by atoms with Crippen molar-refractivity contribution < 1.29 is 9.53 Å². The number of ketones is 1. The molecule has 0 aliphatic heterocycles. The topological polar surface area (TPSA) is 65.2 Å². The molecular formula is C16H24N2O2. The Hall–Kier alpha value is -1.42. The van der Waals surface area contributed by atoms with Crippen molar-refractivity contribution in [1.82, 2.24) is 4.98 Å². The Morgan fingerprint density at radius 3 is 2.80 bits per heavy atom. The average molecular weight is 276 g/mol. The molecule has 0 bridgehead atoms. The normalized spacial score (nSPS) is 26.4. The number of rotatable bonds is 5. The van der Waals surface area contributed by atoms with E-state index < -0.39 is 5.60 Å². The number of carbonyl (C=O) groups is 1. The van der Waals surface area contributed by atoms with Crippen molar-refractivity contribution in [2.75, 3.05) is 12.3 Å². The van der Waals surface area contributed by atoms with Crippen LogP contribution in [0, 0.1) is 5.92 Å². The van der Waals surface area contributed by atoms with Gasteiger partial charge in [-0.05, 0) is 56.2 Å². The fourth-order valence-corrected chi connectivity index (χ4v) is 2.96. The second kappa shape index (κ2) is 6.35. The second-order valence-electron chi connectivity index (χ2n) is 5.80. The minimum Gasteiger partial charge on any atom is -0.384 e. The van der Waals surface area contributed by atoms with Gasteiger partial charge in [0.1, 0.15) is 11.4 Å². The predicted molar refractivity (Wildman–Crippen MR) is 79.3 cm³/mol. The number of hydrogen-bond acceptors (Lipinski definition) is 4. The summed E-state index contributed by atoms with van der Waals surface area (Å²) in [6.45, 7) is 4.78. The highest BCUT2D eigenvalue weighted by atomic mass is 16.5. The fraction of sp³-hybridized carbons (Fsp3) is 0.625. The molecule has 4 nitrogen and oxygen atoms in total. The lowest BCUT2D eigenvalue weighted by Gasteiger charge is -2.38. The summed E-state index contributed by atoms with van der Waals surface area (Å²) < 4.78 is 5.89. The van der Waals surface area contributed by atoms with Crippen LogP contribution in [-0.4, -0.2) is 23.0 Å². The summed E-state index contributed by atoms with van der Waals surface area (Å²) in [5.41, 5.74) is 6.00. The number of ether oxygens (including phenoxy) is 1. The van der Waals surface area contributed by atoms with Crippen LogP contribution in [0.5, 0.6) is 0 Å². The van der Waals surface area contributed by atoms with Gasteiger partial charge in [-0.15, -0.1) is 0 Å². The van der Waals surface area contributed by atoms with Crippen molar-refractivity contribution in [1.29, 1.82) is 0 Å². The van der Waals surface area contributed by atoms with Crippen molar-refractivity contribution in [3.8, 4) is 0 Å². The molecule has 0 aromatic carbocycles. The molecule has 20 heavy (non-hydrogen) atoms. The molecule has 0 saturated heterocycles. The highest BCUT2D eigenvalue weighted by Crippen LogP contribution is 2.36. The number of anilines is 1. The Bertz CT molecular complexity index is 465. The lowest BCUT2D eigenvalue weighted by atomic mass is 9.76. The minimum absolute atomic E-state index is 0.178. The van der Waals surface area contributed by atoms with Crippen molar-refractivity contribution in [2.24, 2.45) is 5.92 Å². The Labute approximate surface area is 120 Å². The van der Waals surface area contributed by atoms with Gasteiger partial charge in [-0.2, -0.15) is 0 Å². The lowest BCUT2D eigenvalue weighted by molar-refractivity contribution is -0.149. The molecule has 0 amide bonds. The first-order chi connectivity index (χ1) is 9.55. The van der Waals surface area contributed by atoms with Gasteiger partial charge in [-0.1, -0.05) is 6.92 Å². The number of pyridine rings is 1. The van der Waals surface area contributed by atoms with Crippen LogP contribution in [0.3, 0.4) is 0 Å². The standard InChI is InChI=1S/C16H24N2O2/c1-3-20-16(7-4-12(2)5-8-16)14(19)10-13-6-9-18-15(17)11-13/h6,9,11-12H,3-5,7-8,10H2,1-2H3,(H2,17,18). The van der Waals surface area contributed by atoms with Crippen molar-refractivity contribution in [2.45, 2.75) is 51.6 Å². The van der Waals surface area contributed by atoms with E-state index in [1.54, 1.807) is 12.3 Å². The summed E-state index contributed by atoms with van der Waals surface area (Å²) >= 11 is 0. The van der Waals surface area contributed by atoms with E-state index in [0.717, 1.165) is 31.2 Å². The molecule has 1 heterocycles. The van der Waals surface area contributed by atoms with Gasteiger partial charge < -0.3 is 10.5 Å². The Kier molecular flexibility index (Phi) is 4.76. The molecule has 1 aliphatic carbocycles. The van der Waals surface area contributed by atoms with E-state index in [1.165, 1.54) is 0 Å². The highest BCUT2D eigenvalue weighted by Gasteiger charge is 2.41. The van der Waals surface area contributed by atoms with E-state index in [-0.39, 0.29) is 5.78 Å². The number of Topliss-reactive ketones (excluding diaryl/α,β-unsaturated/α-hetero) is 1. The van der Waals surface area contributed by atoms with Crippen LogP contribution in [0.15, 0.2) is 18.3 Å². The first kappa shape index (κ1) is 15.0. The van der Waals surface area contributed by atoms with E-state index in [0.29, 0.717) is 24.8 Å². The lowest BCUT2D eigenvalue weighted by Crippen LogP contribution is -2.45. The van der Waals surface area contributed by atoms with Crippen molar-refractivity contribution in [3.63, 3.8) is 0 Å². The Morgan fingerprint density at radius 2 is 2.20 bits per heavy atom. The summed E-state index contributed by atoms with van der Waals surface area (Å²) in [5.74, 6) is 1.32. The van der Waals surface area contributed by atoms with Gasteiger partial charge in [0.05, 0.1) is 0 Å². The smallest absolute Gasteiger partial charge is 0.168 e. The predicted octanol–water partition coefficient (Wildman–Crippen LogP) is 2.76. The number of nitrogens with two attached hydrogens (primary N) is 1. The maximum atomic E-state index is 12.7. The summed E-state index contributed by atoms with van der Waals surface area (Å²) in [5, 5.41) is 0. The number of carbonyl (C=O) groups excluding carboxylic acids is 1. The molecule has 1 saturated carbocycles. The van der Waals surface area contributed by atoms with Crippen molar-refractivity contribution >= 4 is 11.6 Å². The molecule has 0 atom stereocenters. The zero-order chi connectivity index (χ0) is 14.6. The highest BCUT2D eigenvalue weighted by molar-refractivity contribution is 5.89. The molecule has 0 spiro atoms. The summed E-state index contributed by atoms with van der Waals surface area (Å²) in [4.78, 5) is 16.7. The van der Waals surface area contributed by atoms with Crippen LogP contribution in [0.4, 0.5) is 5.82 Å². The van der Waals surface area contributed by atoms with E-state index in [4.69, 9.17) is 10.5 Å². The van der Waals surface area contributed by atoms with Crippen LogP contribution in [-0.2, 0) is 16.0 Å². The number of nitrogen functional groups attached to an aromatic ring is 1. The average Bonchev–Trinajstić information content (AvgIpc) is 2.42.